The summed E-state index contributed by atoms with van der Waals surface area (Å²) in [7, 11) is 0. The van der Waals surface area contributed by atoms with E-state index in [1.807, 2.05) is 5.32 Å². The first kappa shape index (κ1) is 22.7. The first-order chi connectivity index (χ1) is 13.8. The molecule has 2 N–H and O–H groups in total. The summed E-state index contributed by atoms with van der Waals surface area (Å²) < 4.78 is 45.5. The summed E-state index contributed by atoms with van der Waals surface area (Å²) in [4.78, 5) is 34.4. The molecular formula is C19H18F3N3O5. The van der Waals surface area contributed by atoms with E-state index in [9.17, 15) is 32.9 Å². The van der Waals surface area contributed by atoms with Crippen molar-refractivity contribution < 1.29 is 32.4 Å². The molecular weight excluding hydrogens is 407 g/mol. The van der Waals surface area contributed by atoms with Gasteiger partial charge in [0.2, 0.25) is 0 Å². The number of anilines is 2. The van der Waals surface area contributed by atoms with Crippen LogP contribution in [0.15, 0.2) is 42.5 Å². The number of alkyl halides is 3. The molecule has 0 spiro atoms. The minimum atomic E-state index is -4.88. The predicted molar refractivity (Wildman–Crippen MR) is 102 cm³/mol. The molecule has 0 bridgehead atoms. The van der Waals surface area contributed by atoms with Gasteiger partial charge in [0.05, 0.1) is 16.2 Å². The molecule has 0 aliphatic rings. The van der Waals surface area contributed by atoms with Crippen LogP contribution in [-0.2, 0) is 10.9 Å². The van der Waals surface area contributed by atoms with Crippen LogP contribution < -0.4 is 10.6 Å². The normalized spacial score (nSPS) is 11.5. The molecule has 0 saturated carbocycles. The highest BCUT2D eigenvalue weighted by atomic mass is 19.4. The average molecular weight is 425 g/mol. The van der Waals surface area contributed by atoms with Crippen molar-refractivity contribution in [3.8, 4) is 0 Å². The smallest absolute Gasteiger partial charge is 0.418 e. The van der Waals surface area contributed by atoms with E-state index < -0.39 is 51.2 Å². The second-order valence-corrected chi connectivity index (χ2v) is 7.11. The number of hydrogen-bond acceptors (Lipinski definition) is 5. The Labute approximate surface area is 169 Å². The zero-order valence-electron chi connectivity index (χ0n) is 16.2. The molecule has 2 amide bonds. The standard InChI is InChI=1S/C19H18F3N3O5/c1-18(2,3)30-17(27)23-11-8-9-14(13(10-11)19(20,21)22)24-16(26)12-6-4-5-7-15(12)25(28)29/h4-10H,1-3H3,(H,23,27)(H,24,26). The average Bonchev–Trinajstić information content (AvgIpc) is 2.60. The molecule has 0 saturated heterocycles. The third-order valence-electron chi connectivity index (χ3n) is 3.56. The van der Waals surface area contributed by atoms with Crippen LogP contribution in [0.1, 0.15) is 36.7 Å². The number of nitrogens with one attached hydrogen (secondary N) is 2. The Kier molecular flexibility index (Phi) is 6.34. The van der Waals surface area contributed by atoms with Gasteiger partial charge in [-0.25, -0.2) is 4.79 Å². The third-order valence-corrected chi connectivity index (χ3v) is 3.56. The number of amides is 2. The van der Waals surface area contributed by atoms with Gasteiger partial charge in [-0.2, -0.15) is 13.2 Å². The lowest BCUT2D eigenvalue weighted by molar-refractivity contribution is -0.385. The molecule has 0 atom stereocenters. The maximum Gasteiger partial charge on any atom is 0.418 e. The van der Waals surface area contributed by atoms with E-state index in [1.165, 1.54) is 12.1 Å². The van der Waals surface area contributed by atoms with Crippen LogP contribution in [0.4, 0.5) is 35.0 Å². The van der Waals surface area contributed by atoms with Gasteiger partial charge in [0.15, 0.2) is 0 Å². The number of halogens is 3. The minimum absolute atomic E-state index is 0.208. The molecule has 2 rings (SSSR count). The van der Waals surface area contributed by atoms with Crippen LogP contribution in [0, 0.1) is 10.1 Å². The van der Waals surface area contributed by atoms with Crippen LogP contribution in [0.25, 0.3) is 0 Å². The fourth-order valence-electron chi connectivity index (χ4n) is 2.40. The number of benzene rings is 2. The lowest BCUT2D eigenvalue weighted by atomic mass is 10.1. The number of carbonyl (C=O) groups excluding carboxylic acids is 2. The fourth-order valence-corrected chi connectivity index (χ4v) is 2.40. The summed E-state index contributed by atoms with van der Waals surface area (Å²) in [5, 5.41) is 15.3. The van der Waals surface area contributed by atoms with E-state index in [0.717, 1.165) is 24.3 Å². The van der Waals surface area contributed by atoms with Gasteiger partial charge in [-0.15, -0.1) is 0 Å². The Morgan fingerprint density at radius 2 is 1.67 bits per heavy atom. The maximum absolute atomic E-state index is 13.5. The van der Waals surface area contributed by atoms with Crippen molar-refractivity contribution >= 4 is 29.1 Å². The van der Waals surface area contributed by atoms with Gasteiger partial charge in [0, 0.05) is 11.8 Å². The molecule has 0 unspecified atom stereocenters. The van der Waals surface area contributed by atoms with E-state index in [-0.39, 0.29) is 5.69 Å². The summed E-state index contributed by atoms with van der Waals surface area (Å²) in [5.74, 6) is -1.08. The minimum Gasteiger partial charge on any atom is -0.444 e. The molecule has 11 heteroatoms. The summed E-state index contributed by atoms with van der Waals surface area (Å²) in [6.07, 6.45) is -5.83. The molecule has 2 aromatic rings. The molecule has 160 valence electrons. The van der Waals surface area contributed by atoms with Crippen LogP contribution in [0.5, 0.6) is 0 Å². The Balaban J connectivity index is 2.34. The Morgan fingerprint density at radius 1 is 1.03 bits per heavy atom. The number of rotatable bonds is 4. The van der Waals surface area contributed by atoms with E-state index in [2.05, 4.69) is 5.32 Å². The molecule has 0 fully saturated rings. The predicted octanol–water partition coefficient (Wildman–Crippen LogP) is 5.21. The van der Waals surface area contributed by atoms with Crippen LogP contribution >= 0.6 is 0 Å². The van der Waals surface area contributed by atoms with Gasteiger partial charge >= 0.3 is 12.3 Å². The van der Waals surface area contributed by atoms with E-state index >= 15 is 0 Å². The number of carbonyl (C=O) groups is 2. The fraction of sp³-hybridized carbons (Fsp3) is 0.263. The van der Waals surface area contributed by atoms with Crippen molar-refractivity contribution in [2.24, 2.45) is 0 Å². The molecule has 0 heterocycles. The molecule has 0 aliphatic carbocycles. The van der Waals surface area contributed by atoms with Gasteiger partial charge in [-0.05, 0) is 45.0 Å². The van der Waals surface area contributed by atoms with Gasteiger partial charge in [-0.1, -0.05) is 12.1 Å². The van der Waals surface area contributed by atoms with Gasteiger partial charge < -0.3 is 10.1 Å². The Bertz CT molecular complexity index is 984. The van der Waals surface area contributed by atoms with Crippen molar-refractivity contribution in [2.75, 3.05) is 10.6 Å². The third kappa shape index (κ3) is 5.93. The van der Waals surface area contributed by atoms with E-state index in [0.29, 0.717) is 6.07 Å². The van der Waals surface area contributed by atoms with Gasteiger partial charge in [0.25, 0.3) is 11.6 Å². The van der Waals surface area contributed by atoms with Crippen molar-refractivity contribution in [1.82, 2.24) is 0 Å². The van der Waals surface area contributed by atoms with Crippen molar-refractivity contribution in [3.05, 3.63) is 63.7 Å². The molecule has 0 aromatic heterocycles. The number of hydrogen-bond donors (Lipinski definition) is 2. The zero-order valence-corrected chi connectivity index (χ0v) is 16.2. The first-order valence-corrected chi connectivity index (χ1v) is 8.54. The maximum atomic E-state index is 13.5. The lowest BCUT2D eigenvalue weighted by Crippen LogP contribution is -2.27. The number of para-hydroxylation sites is 1. The van der Waals surface area contributed by atoms with Gasteiger partial charge in [-0.3, -0.25) is 20.2 Å². The Hall–Kier alpha value is -3.63. The van der Waals surface area contributed by atoms with Crippen molar-refractivity contribution in [2.45, 2.75) is 32.5 Å². The van der Waals surface area contributed by atoms with Crippen molar-refractivity contribution in [3.63, 3.8) is 0 Å². The zero-order chi connectivity index (χ0) is 22.7. The van der Waals surface area contributed by atoms with E-state index in [4.69, 9.17) is 4.74 Å². The number of nitro benzene ring substituents is 1. The molecule has 8 nitrogen and oxygen atoms in total. The highest BCUT2D eigenvalue weighted by Gasteiger charge is 2.35. The monoisotopic (exact) mass is 425 g/mol. The number of ether oxygens (including phenoxy) is 1. The lowest BCUT2D eigenvalue weighted by Gasteiger charge is -2.20. The van der Waals surface area contributed by atoms with Crippen LogP contribution in [0.3, 0.4) is 0 Å². The summed E-state index contributed by atoms with van der Waals surface area (Å²) in [6, 6.07) is 7.55. The molecule has 2 aromatic carbocycles. The van der Waals surface area contributed by atoms with Crippen LogP contribution in [0.2, 0.25) is 0 Å². The summed E-state index contributed by atoms with van der Waals surface area (Å²) in [5.41, 5.74) is -3.88. The largest absolute Gasteiger partial charge is 0.444 e. The second-order valence-electron chi connectivity index (χ2n) is 7.11. The SMILES string of the molecule is CC(C)(C)OC(=O)Nc1ccc(NC(=O)c2ccccc2[N+](=O)[O-])c(C(F)(F)F)c1. The van der Waals surface area contributed by atoms with Gasteiger partial charge in [0.1, 0.15) is 11.2 Å². The topological polar surface area (TPSA) is 111 Å². The highest BCUT2D eigenvalue weighted by molar-refractivity contribution is 6.07. The summed E-state index contributed by atoms with van der Waals surface area (Å²) >= 11 is 0. The quantitative estimate of drug-likeness (QED) is 0.516. The van der Waals surface area contributed by atoms with Crippen LogP contribution in [-0.4, -0.2) is 22.5 Å². The highest BCUT2D eigenvalue weighted by Crippen LogP contribution is 2.37. The number of nitro groups is 1. The van der Waals surface area contributed by atoms with Crippen molar-refractivity contribution in [1.29, 1.82) is 0 Å². The number of nitrogens with zero attached hydrogens (tertiary/aromatic N) is 1. The molecule has 30 heavy (non-hydrogen) atoms. The Morgan fingerprint density at radius 3 is 2.23 bits per heavy atom. The second kappa shape index (κ2) is 8.39. The first-order valence-electron chi connectivity index (χ1n) is 8.54. The molecule has 0 aliphatic heterocycles. The van der Waals surface area contributed by atoms with E-state index in [1.54, 1.807) is 20.8 Å². The molecule has 0 radical (unpaired) electrons. The summed E-state index contributed by atoms with van der Waals surface area (Å²) in [6.45, 7) is 4.78.